The summed E-state index contributed by atoms with van der Waals surface area (Å²) in [5, 5.41) is 14.5. The van der Waals surface area contributed by atoms with E-state index >= 15 is 0 Å². The highest BCUT2D eigenvalue weighted by molar-refractivity contribution is 8.00. The van der Waals surface area contributed by atoms with Crippen molar-refractivity contribution < 1.29 is 4.79 Å². The molecule has 5 heteroatoms. The summed E-state index contributed by atoms with van der Waals surface area (Å²) in [5.41, 5.74) is 1.90. The second-order valence-corrected chi connectivity index (χ2v) is 7.99. The minimum Gasteiger partial charge on any atom is -0.355 e. The lowest BCUT2D eigenvalue weighted by Crippen LogP contribution is -2.33. The van der Waals surface area contributed by atoms with Crippen molar-refractivity contribution in [3.05, 3.63) is 54.6 Å². The number of amides is 1. The lowest BCUT2D eigenvalue weighted by molar-refractivity contribution is -0.120. The van der Waals surface area contributed by atoms with Crippen molar-refractivity contribution in [2.45, 2.75) is 31.0 Å². The quantitative estimate of drug-likeness (QED) is 0.651. The van der Waals surface area contributed by atoms with E-state index in [0.717, 1.165) is 27.1 Å². The van der Waals surface area contributed by atoms with Gasteiger partial charge in [-0.1, -0.05) is 80.2 Å². The molecule has 0 bridgehead atoms. The number of nitrogens with one attached hydrogen (secondary N) is 1. The molecular weight excluding hydrogens is 342 g/mol. The largest absolute Gasteiger partial charge is 0.355 e. The summed E-state index contributed by atoms with van der Waals surface area (Å²) in [6.45, 7) is 6.75. The maximum absolute atomic E-state index is 12.3. The lowest BCUT2D eigenvalue weighted by atomic mass is 10.1. The van der Waals surface area contributed by atoms with E-state index in [1.807, 2.05) is 55.5 Å². The topological polar surface area (TPSA) is 54.9 Å². The predicted octanol–water partition coefficient (Wildman–Crippen LogP) is 4.55. The molecule has 4 nitrogen and oxygen atoms in total. The van der Waals surface area contributed by atoms with Crippen molar-refractivity contribution in [1.29, 1.82) is 0 Å². The predicted molar refractivity (Wildman–Crippen MR) is 108 cm³/mol. The van der Waals surface area contributed by atoms with Crippen LogP contribution in [0.15, 0.2) is 59.6 Å². The fourth-order valence-electron chi connectivity index (χ4n) is 2.64. The first-order valence-electron chi connectivity index (χ1n) is 8.81. The molecule has 1 amide bonds. The summed E-state index contributed by atoms with van der Waals surface area (Å²) in [4.78, 5) is 12.3. The van der Waals surface area contributed by atoms with E-state index in [1.165, 1.54) is 11.8 Å². The van der Waals surface area contributed by atoms with Crippen molar-refractivity contribution >= 4 is 28.4 Å². The first kappa shape index (κ1) is 18.4. The molecule has 0 saturated carbocycles. The highest BCUT2D eigenvalue weighted by Crippen LogP contribution is 2.33. The Morgan fingerprint density at radius 3 is 2.31 bits per heavy atom. The van der Waals surface area contributed by atoms with Crippen molar-refractivity contribution in [3.63, 3.8) is 0 Å². The second-order valence-electron chi connectivity index (χ2n) is 6.66. The summed E-state index contributed by atoms with van der Waals surface area (Å²) < 4.78 is 0. The van der Waals surface area contributed by atoms with Crippen LogP contribution in [-0.2, 0) is 4.79 Å². The monoisotopic (exact) mass is 365 g/mol. The summed E-state index contributed by atoms with van der Waals surface area (Å²) in [6, 6.07) is 18.1. The summed E-state index contributed by atoms with van der Waals surface area (Å²) in [6.07, 6.45) is 0. The lowest BCUT2D eigenvalue weighted by Gasteiger charge is -2.14. The molecule has 1 heterocycles. The number of hydrogen-bond donors (Lipinski definition) is 1. The van der Waals surface area contributed by atoms with Gasteiger partial charge < -0.3 is 5.32 Å². The Hall–Kier alpha value is -2.40. The minimum absolute atomic E-state index is 0.0294. The molecule has 0 spiro atoms. The molecule has 0 aliphatic rings. The molecule has 1 N–H and O–H groups in total. The van der Waals surface area contributed by atoms with Gasteiger partial charge in [0.1, 0.15) is 10.7 Å². The molecule has 134 valence electrons. The molecule has 2 aromatic carbocycles. The molecule has 0 saturated heterocycles. The molecule has 0 aliphatic heterocycles. The number of thioether (sulfide) groups is 1. The Morgan fingerprint density at radius 1 is 0.962 bits per heavy atom. The average molecular weight is 366 g/mol. The molecule has 3 rings (SSSR count). The fraction of sp³-hybridized carbons (Fsp3) is 0.286. The van der Waals surface area contributed by atoms with Crippen LogP contribution in [0.1, 0.15) is 20.8 Å². The zero-order valence-corrected chi connectivity index (χ0v) is 16.1. The third-order valence-electron chi connectivity index (χ3n) is 4.04. The van der Waals surface area contributed by atoms with Gasteiger partial charge in [-0.25, -0.2) is 0 Å². The summed E-state index contributed by atoms with van der Waals surface area (Å²) in [5.74, 6) is 0.462. The van der Waals surface area contributed by atoms with E-state index in [-0.39, 0.29) is 11.2 Å². The zero-order chi connectivity index (χ0) is 18.5. The number of carbonyl (C=O) groups excluding carboxylic acids is 1. The third-order valence-corrected chi connectivity index (χ3v) is 5.14. The Bertz CT molecular complexity index is 896. The summed E-state index contributed by atoms with van der Waals surface area (Å²) in [7, 11) is 0. The van der Waals surface area contributed by atoms with Crippen molar-refractivity contribution in [2.24, 2.45) is 5.92 Å². The van der Waals surface area contributed by atoms with E-state index in [1.54, 1.807) is 0 Å². The van der Waals surface area contributed by atoms with Gasteiger partial charge in [0.05, 0.1) is 5.25 Å². The maximum atomic E-state index is 12.3. The van der Waals surface area contributed by atoms with Crippen molar-refractivity contribution in [2.75, 3.05) is 6.54 Å². The van der Waals surface area contributed by atoms with Gasteiger partial charge in [-0.3, -0.25) is 4.79 Å². The molecule has 0 radical (unpaired) electrons. The van der Waals surface area contributed by atoms with Crippen molar-refractivity contribution in [1.82, 2.24) is 15.5 Å². The normalized spacial score (nSPS) is 12.3. The highest BCUT2D eigenvalue weighted by Gasteiger charge is 2.18. The van der Waals surface area contributed by atoms with Crippen LogP contribution in [0.5, 0.6) is 0 Å². The highest BCUT2D eigenvalue weighted by atomic mass is 32.2. The Morgan fingerprint density at radius 2 is 1.62 bits per heavy atom. The summed E-state index contributed by atoms with van der Waals surface area (Å²) >= 11 is 1.45. The number of nitrogens with zero attached hydrogens (tertiary/aromatic N) is 2. The molecule has 0 unspecified atom stereocenters. The first-order chi connectivity index (χ1) is 12.6. The second kappa shape index (κ2) is 8.32. The molecular formula is C21H23N3OS. The van der Waals surface area contributed by atoms with Crippen LogP contribution < -0.4 is 5.32 Å². The smallest absolute Gasteiger partial charge is 0.233 e. The van der Waals surface area contributed by atoms with Gasteiger partial charge >= 0.3 is 0 Å². The standard InChI is InChI=1S/C21H23N3OS/c1-14(2)13-22-20(25)15(3)26-21-18-12-8-7-11-17(18)19(23-24-21)16-9-5-4-6-10-16/h4-12,14-15H,13H2,1-3H3,(H,22,25)/t15-/m1/s1. The number of hydrogen-bond acceptors (Lipinski definition) is 4. The van der Waals surface area contributed by atoms with Crippen molar-refractivity contribution in [3.8, 4) is 11.3 Å². The van der Waals surface area contributed by atoms with Gasteiger partial charge in [-0.2, -0.15) is 0 Å². The Balaban J connectivity index is 1.90. The Kier molecular flexibility index (Phi) is 5.89. The third kappa shape index (κ3) is 4.22. The average Bonchev–Trinajstić information content (AvgIpc) is 2.67. The molecule has 26 heavy (non-hydrogen) atoms. The maximum Gasteiger partial charge on any atom is 0.233 e. The molecule has 3 aromatic rings. The van der Waals surface area contributed by atoms with E-state index in [9.17, 15) is 4.79 Å². The van der Waals surface area contributed by atoms with Gasteiger partial charge in [0.15, 0.2) is 0 Å². The molecule has 1 atom stereocenters. The van der Waals surface area contributed by atoms with Gasteiger partial charge in [0, 0.05) is 22.9 Å². The Labute approximate surface area is 158 Å². The van der Waals surface area contributed by atoms with E-state index in [0.29, 0.717) is 12.5 Å². The number of carbonyl (C=O) groups is 1. The van der Waals surface area contributed by atoms with Crippen LogP contribution in [0.2, 0.25) is 0 Å². The van der Waals surface area contributed by atoms with Gasteiger partial charge in [0.25, 0.3) is 0 Å². The number of aromatic nitrogens is 2. The molecule has 0 fully saturated rings. The van der Waals surface area contributed by atoms with Crippen LogP contribution in [0, 0.1) is 5.92 Å². The number of fused-ring (bicyclic) bond motifs is 1. The SMILES string of the molecule is CC(C)CNC(=O)[C@@H](C)Sc1nnc(-c2ccccc2)c2ccccc12. The van der Waals surface area contributed by atoms with Crippen LogP contribution in [-0.4, -0.2) is 27.9 Å². The van der Waals surface area contributed by atoms with Gasteiger partial charge in [-0.15, -0.1) is 10.2 Å². The van der Waals surface area contributed by atoms with E-state index in [2.05, 4.69) is 35.4 Å². The molecule has 1 aromatic heterocycles. The van der Waals surface area contributed by atoms with Crippen LogP contribution in [0.3, 0.4) is 0 Å². The van der Waals surface area contributed by atoms with E-state index in [4.69, 9.17) is 0 Å². The first-order valence-corrected chi connectivity index (χ1v) is 9.69. The van der Waals surface area contributed by atoms with Gasteiger partial charge in [0.2, 0.25) is 5.91 Å². The van der Waals surface area contributed by atoms with E-state index < -0.39 is 0 Å². The fourth-order valence-corrected chi connectivity index (χ4v) is 3.56. The van der Waals surface area contributed by atoms with Gasteiger partial charge in [-0.05, 0) is 12.8 Å². The minimum atomic E-state index is -0.228. The van der Waals surface area contributed by atoms with Crippen LogP contribution >= 0.6 is 11.8 Å². The van der Waals surface area contributed by atoms with Crippen LogP contribution in [0.4, 0.5) is 0 Å². The zero-order valence-electron chi connectivity index (χ0n) is 15.3. The van der Waals surface area contributed by atoms with Crippen LogP contribution in [0.25, 0.3) is 22.0 Å². The number of rotatable bonds is 6. The number of benzene rings is 2. The molecule has 0 aliphatic carbocycles.